The molecule has 1 rings (SSSR count). The molecule has 7 heteroatoms. The fourth-order valence-corrected chi connectivity index (χ4v) is 1.18. The number of nitrogens with two attached hydrogens (primary N) is 1. The molecule has 0 aromatic heterocycles. The number of hydrogen-bond acceptors (Lipinski definition) is 6. The van der Waals surface area contributed by atoms with Crippen molar-refractivity contribution in [3.05, 3.63) is 23.4 Å². The minimum absolute atomic E-state index is 0.0129. The summed E-state index contributed by atoms with van der Waals surface area (Å²) in [5, 5.41) is 12.8. The van der Waals surface area contributed by atoms with Crippen molar-refractivity contribution in [2.24, 2.45) is 10.8 Å². The van der Waals surface area contributed by atoms with Gasteiger partial charge < -0.3 is 15.2 Å². The Hall–Kier alpha value is -2.02. The second-order valence-electron chi connectivity index (χ2n) is 3.06. The van der Waals surface area contributed by atoms with Gasteiger partial charge in [-0.15, -0.1) is 0 Å². The van der Waals surface area contributed by atoms with Crippen LogP contribution in [-0.4, -0.2) is 36.0 Å². The highest BCUT2D eigenvalue weighted by atomic mass is 16.6. The molecule has 1 aliphatic heterocycles. The van der Waals surface area contributed by atoms with Gasteiger partial charge in [0, 0.05) is 12.7 Å². The standard InChI is InChI=1S/C9H14N4O3/c1-5-4-6(9(15)16-3)13(10)7(12-5)8(14)11-2/h4,15H,10H2,1-3H3,(H,11,14). The number of nitrogens with one attached hydrogen (secondary N) is 1. The normalized spacial score (nSPS) is 18.6. The van der Waals surface area contributed by atoms with Crippen LogP contribution in [0.25, 0.3) is 0 Å². The summed E-state index contributed by atoms with van der Waals surface area (Å²) in [4.78, 5) is 15.4. The van der Waals surface area contributed by atoms with Gasteiger partial charge >= 0.3 is 5.95 Å². The van der Waals surface area contributed by atoms with Crippen LogP contribution >= 0.6 is 0 Å². The Bertz CT molecular complexity index is 398. The maximum Gasteiger partial charge on any atom is 0.302 e. The van der Waals surface area contributed by atoms with E-state index in [4.69, 9.17) is 5.84 Å². The zero-order chi connectivity index (χ0) is 12.3. The van der Waals surface area contributed by atoms with Crippen molar-refractivity contribution in [2.45, 2.75) is 6.92 Å². The molecule has 0 aromatic carbocycles. The number of carbonyl (C=O) groups is 1. The lowest BCUT2D eigenvalue weighted by atomic mass is 10.3. The minimum atomic E-state index is -0.448. The third-order valence-corrected chi connectivity index (χ3v) is 1.96. The minimum Gasteiger partial charge on any atom is -0.479 e. The summed E-state index contributed by atoms with van der Waals surface area (Å²) >= 11 is 0. The topological polar surface area (TPSA) is 100 Å². The van der Waals surface area contributed by atoms with Gasteiger partial charge in [0.1, 0.15) is 5.70 Å². The fraction of sp³-hybridized carbons (Fsp3) is 0.333. The molecule has 1 aliphatic rings. The van der Waals surface area contributed by atoms with Crippen LogP contribution in [0.15, 0.2) is 28.4 Å². The summed E-state index contributed by atoms with van der Waals surface area (Å²) in [5.74, 6) is 4.80. The average molecular weight is 226 g/mol. The van der Waals surface area contributed by atoms with Crippen LogP contribution in [0, 0.1) is 0 Å². The number of rotatable bonds is 2. The maximum absolute atomic E-state index is 11.4. The number of aliphatic hydroxyl groups excluding tert-OH is 1. The average Bonchev–Trinajstić information content (AvgIpc) is 2.29. The molecule has 4 N–H and O–H groups in total. The molecule has 1 amide bonds. The van der Waals surface area contributed by atoms with Gasteiger partial charge in [0.2, 0.25) is 5.84 Å². The number of hydrazine groups is 1. The monoisotopic (exact) mass is 226 g/mol. The van der Waals surface area contributed by atoms with E-state index in [1.165, 1.54) is 20.2 Å². The Balaban J connectivity index is 3.17. The first-order valence-electron chi connectivity index (χ1n) is 4.52. The Morgan fingerprint density at radius 1 is 1.69 bits per heavy atom. The Morgan fingerprint density at radius 2 is 2.31 bits per heavy atom. The van der Waals surface area contributed by atoms with Crippen molar-refractivity contribution in [1.29, 1.82) is 0 Å². The van der Waals surface area contributed by atoms with Gasteiger partial charge in [-0.05, 0) is 13.0 Å². The van der Waals surface area contributed by atoms with E-state index in [0.29, 0.717) is 5.70 Å². The van der Waals surface area contributed by atoms with Crippen molar-refractivity contribution >= 4 is 11.7 Å². The number of ether oxygens (including phenoxy) is 1. The number of hydrogen-bond donors (Lipinski definition) is 3. The molecule has 7 nitrogen and oxygen atoms in total. The number of methoxy groups -OCH3 is 1. The first-order valence-corrected chi connectivity index (χ1v) is 4.52. The van der Waals surface area contributed by atoms with Gasteiger partial charge in [0.05, 0.1) is 7.11 Å². The second-order valence-corrected chi connectivity index (χ2v) is 3.06. The van der Waals surface area contributed by atoms with Crippen LogP contribution < -0.4 is 11.2 Å². The Labute approximate surface area is 92.9 Å². The molecule has 0 spiro atoms. The summed E-state index contributed by atoms with van der Waals surface area (Å²) in [7, 11) is 2.76. The number of amidine groups is 1. The number of aliphatic imine (C=N–C) groups is 1. The summed E-state index contributed by atoms with van der Waals surface area (Å²) in [6.45, 7) is 1.68. The van der Waals surface area contributed by atoms with Crippen LogP contribution in [-0.2, 0) is 9.53 Å². The molecular weight excluding hydrogens is 212 g/mol. The SMILES string of the molecule is CNC(=O)C1=NC(C)=CC(=C(O)OC)N1N. The highest BCUT2D eigenvalue weighted by Crippen LogP contribution is 2.17. The zero-order valence-corrected chi connectivity index (χ0v) is 9.31. The first kappa shape index (κ1) is 12.1. The van der Waals surface area contributed by atoms with Crippen LogP contribution in [0.3, 0.4) is 0 Å². The van der Waals surface area contributed by atoms with E-state index in [1.807, 2.05) is 0 Å². The molecule has 0 atom stereocenters. The van der Waals surface area contributed by atoms with Gasteiger partial charge in [-0.2, -0.15) is 0 Å². The van der Waals surface area contributed by atoms with E-state index < -0.39 is 5.91 Å². The number of likely N-dealkylation sites (N-methyl/N-ethyl adjacent to an activating group) is 1. The van der Waals surface area contributed by atoms with Crippen LogP contribution in [0.4, 0.5) is 0 Å². The van der Waals surface area contributed by atoms with Crippen LogP contribution in [0.2, 0.25) is 0 Å². The highest BCUT2D eigenvalue weighted by Gasteiger charge is 2.25. The van der Waals surface area contributed by atoms with Crippen molar-refractivity contribution in [3.63, 3.8) is 0 Å². The molecule has 88 valence electrons. The molecule has 0 radical (unpaired) electrons. The summed E-state index contributed by atoms with van der Waals surface area (Å²) in [6.07, 6.45) is 1.51. The molecular formula is C9H14N4O3. The lowest BCUT2D eigenvalue weighted by Crippen LogP contribution is -2.46. The van der Waals surface area contributed by atoms with Crippen molar-refractivity contribution in [2.75, 3.05) is 14.2 Å². The van der Waals surface area contributed by atoms with Crippen molar-refractivity contribution in [1.82, 2.24) is 10.3 Å². The third kappa shape index (κ3) is 2.14. The van der Waals surface area contributed by atoms with Gasteiger partial charge in [0.15, 0.2) is 0 Å². The van der Waals surface area contributed by atoms with E-state index in [-0.39, 0.29) is 17.5 Å². The number of nitrogens with zero attached hydrogens (tertiary/aromatic N) is 2. The summed E-state index contributed by atoms with van der Waals surface area (Å²) in [5.41, 5.74) is 0.715. The highest BCUT2D eigenvalue weighted by molar-refractivity contribution is 6.38. The molecule has 0 saturated carbocycles. The van der Waals surface area contributed by atoms with Crippen molar-refractivity contribution < 1.29 is 14.6 Å². The van der Waals surface area contributed by atoms with Gasteiger partial charge in [-0.3, -0.25) is 9.80 Å². The maximum atomic E-state index is 11.4. The van der Waals surface area contributed by atoms with E-state index in [2.05, 4.69) is 15.0 Å². The molecule has 16 heavy (non-hydrogen) atoms. The smallest absolute Gasteiger partial charge is 0.302 e. The molecule has 0 fully saturated rings. The van der Waals surface area contributed by atoms with E-state index in [9.17, 15) is 9.90 Å². The van der Waals surface area contributed by atoms with Crippen LogP contribution in [0.1, 0.15) is 6.92 Å². The van der Waals surface area contributed by atoms with Gasteiger partial charge in [-0.25, -0.2) is 10.8 Å². The molecule has 0 bridgehead atoms. The van der Waals surface area contributed by atoms with Crippen molar-refractivity contribution in [3.8, 4) is 0 Å². The van der Waals surface area contributed by atoms with E-state index >= 15 is 0 Å². The predicted molar refractivity (Wildman–Crippen MR) is 57.9 cm³/mol. The van der Waals surface area contributed by atoms with E-state index in [1.54, 1.807) is 6.92 Å². The van der Waals surface area contributed by atoms with E-state index in [0.717, 1.165) is 5.01 Å². The number of carbonyl (C=O) groups excluding carboxylic acids is 1. The molecule has 0 aliphatic carbocycles. The Morgan fingerprint density at radius 3 is 2.81 bits per heavy atom. The lowest BCUT2D eigenvalue weighted by molar-refractivity contribution is -0.115. The molecule has 0 aromatic rings. The van der Waals surface area contributed by atoms with Gasteiger partial charge in [0.25, 0.3) is 5.91 Å². The lowest BCUT2D eigenvalue weighted by Gasteiger charge is -2.24. The number of aliphatic hydroxyl groups is 1. The van der Waals surface area contributed by atoms with Gasteiger partial charge in [-0.1, -0.05) is 0 Å². The molecule has 0 saturated heterocycles. The number of allylic oxidation sites excluding steroid dienone is 2. The predicted octanol–water partition coefficient (Wildman–Crippen LogP) is -0.402. The molecule has 1 heterocycles. The zero-order valence-electron chi connectivity index (χ0n) is 9.31. The van der Waals surface area contributed by atoms with Crippen LogP contribution in [0.5, 0.6) is 0 Å². The second kappa shape index (κ2) is 4.67. The largest absolute Gasteiger partial charge is 0.479 e. The fourth-order valence-electron chi connectivity index (χ4n) is 1.18. The quantitative estimate of drug-likeness (QED) is 0.439. The first-order chi connectivity index (χ1) is 7.51. The molecule has 0 unspecified atom stereocenters. The number of amides is 1. The third-order valence-electron chi connectivity index (χ3n) is 1.96. The summed E-state index contributed by atoms with van der Waals surface area (Å²) < 4.78 is 4.65. The summed E-state index contributed by atoms with van der Waals surface area (Å²) in [6, 6.07) is 0. The Kier molecular flexibility index (Phi) is 3.51.